The first-order chi connectivity index (χ1) is 12.0. The molecule has 0 radical (unpaired) electrons. The Hall–Kier alpha value is -3.35. The van der Waals surface area contributed by atoms with Gasteiger partial charge in [0.25, 0.3) is 0 Å². The third-order valence-electron chi connectivity index (χ3n) is 3.26. The molecule has 0 atom stereocenters. The van der Waals surface area contributed by atoms with E-state index in [1.807, 2.05) is 0 Å². The number of nitrogens with one attached hydrogen (secondary N) is 2. The number of carbonyl (C=O) groups is 3. The van der Waals surface area contributed by atoms with E-state index < -0.39 is 17.8 Å². The van der Waals surface area contributed by atoms with Gasteiger partial charge in [0.05, 0.1) is 19.8 Å². The topological polar surface area (TPSA) is 93.7 Å². The maximum Gasteiger partial charge on any atom is 0.337 e. The minimum atomic E-state index is -0.506. The molecule has 2 rings (SSSR count). The predicted molar refractivity (Wildman–Crippen MR) is 92.7 cm³/mol. The van der Waals surface area contributed by atoms with Gasteiger partial charge in [0.15, 0.2) is 0 Å². The number of benzene rings is 2. The van der Waals surface area contributed by atoms with Gasteiger partial charge in [0.1, 0.15) is 12.2 Å². The van der Waals surface area contributed by atoms with Crippen LogP contribution < -0.4 is 15.4 Å². The van der Waals surface area contributed by atoms with Crippen molar-refractivity contribution in [3.63, 3.8) is 0 Å². The van der Waals surface area contributed by atoms with Crippen LogP contribution in [0.1, 0.15) is 16.8 Å². The zero-order valence-corrected chi connectivity index (χ0v) is 13.9. The molecule has 0 aliphatic heterocycles. The van der Waals surface area contributed by atoms with Crippen molar-refractivity contribution in [3.8, 4) is 5.75 Å². The average Bonchev–Trinajstić information content (AvgIpc) is 2.61. The van der Waals surface area contributed by atoms with E-state index in [0.717, 1.165) is 0 Å². The maximum absolute atomic E-state index is 12.0. The van der Waals surface area contributed by atoms with Crippen molar-refractivity contribution in [2.24, 2.45) is 0 Å². The van der Waals surface area contributed by atoms with Gasteiger partial charge in [-0.15, -0.1) is 0 Å². The number of hydrogen-bond donors (Lipinski definition) is 2. The van der Waals surface area contributed by atoms with E-state index in [4.69, 9.17) is 4.74 Å². The predicted octanol–water partition coefficient (Wildman–Crippen LogP) is 2.45. The van der Waals surface area contributed by atoms with E-state index in [2.05, 4.69) is 15.4 Å². The van der Waals surface area contributed by atoms with Crippen LogP contribution in [0.4, 0.5) is 11.4 Å². The SMILES string of the molecule is COC(=O)c1cccc(NC(=O)CC(=O)Nc2ccc(OC)cc2)c1. The first-order valence-corrected chi connectivity index (χ1v) is 7.44. The van der Waals surface area contributed by atoms with E-state index in [9.17, 15) is 14.4 Å². The Morgan fingerprint density at radius 3 is 2.12 bits per heavy atom. The Bertz CT molecular complexity index is 771. The second kappa shape index (κ2) is 8.49. The normalized spacial score (nSPS) is 9.84. The van der Waals surface area contributed by atoms with E-state index >= 15 is 0 Å². The molecule has 0 heterocycles. The minimum absolute atomic E-state index is 0.308. The van der Waals surface area contributed by atoms with Crippen LogP contribution in [0, 0.1) is 0 Å². The molecular formula is C18H18N2O5. The van der Waals surface area contributed by atoms with Gasteiger partial charge in [0, 0.05) is 11.4 Å². The van der Waals surface area contributed by atoms with Crippen LogP contribution in [0.2, 0.25) is 0 Å². The molecule has 0 fully saturated rings. The molecule has 0 unspecified atom stereocenters. The molecule has 130 valence electrons. The first-order valence-electron chi connectivity index (χ1n) is 7.44. The highest BCUT2D eigenvalue weighted by molar-refractivity contribution is 6.08. The van der Waals surface area contributed by atoms with E-state index in [1.54, 1.807) is 49.6 Å². The van der Waals surface area contributed by atoms with Crippen LogP contribution >= 0.6 is 0 Å². The van der Waals surface area contributed by atoms with Gasteiger partial charge in [-0.2, -0.15) is 0 Å². The third-order valence-corrected chi connectivity index (χ3v) is 3.26. The van der Waals surface area contributed by atoms with Crippen LogP contribution in [0.3, 0.4) is 0 Å². The lowest BCUT2D eigenvalue weighted by Gasteiger charge is -2.08. The number of rotatable bonds is 6. The van der Waals surface area contributed by atoms with Crippen LogP contribution in [0.25, 0.3) is 0 Å². The second-order valence-corrected chi connectivity index (χ2v) is 5.07. The second-order valence-electron chi connectivity index (χ2n) is 5.07. The fourth-order valence-corrected chi connectivity index (χ4v) is 2.07. The molecule has 7 heteroatoms. The Morgan fingerprint density at radius 1 is 0.880 bits per heavy atom. The van der Waals surface area contributed by atoms with Crippen molar-refractivity contribution < 1.29 is 23.9 Å². The fourth-order valence-electron chi connectivity index (χ4n) is 2.07. The third kappa shape index (κ3) is 5.35. The van der Waals surface area contributed by atoms with Crippen molar-refractivity contribution in [2.45, 2.75) is 6.42 Å². The number of hydrogen-bond acceptors (Lipinski definition) is 5. The number of anilines is 2. The van der Waals surface area contributed by atoms with E-state index in [1.165, 1.54) is 13.2 Å². The minimum Gasteiger partial charge on any atom is -0.497 e. The summed E-state index contributed by atoms with van der Waals surface area (Å²) in [6, 6.07) is 13.0. The summed E-state index contributed by atoms with van der Waals surface area (Å²) < 4.78 is 9.65. The highest BCUT2D eigenvalue weighted by atomic mass is 16.5. The number of amides is 2. The molecule has 0 aliphatic rings. The van der Waals surface area contributed by atoms with Crippen LogP contribution in [-0.2, 0) is 14.3 Å². The summed E-state index contributed by atoms with van der Waals surface area (Å²) >= 11 is 0. The number of methoxy groups -OCH3 is 2. The lowest BCUT2D eigenvalue weighted by molar-refractivity contribution is -0.123. The van der Waals surface area contributed by atoms with Crippen LogP contribution in [-0.4, -0.2) is 32.0 Å². The molecule has 7 nitrogen and oxygen atoms in total. The first kappa shape index (κ1) is 18.0. The summed E-state index contributed by atoms with van der Waals surface area (Å²) in [5, 5.41) is 5.19. The molecule has 0 aliphatic carbocycles. The summed E-state index contributed by atoms with van der Waals surface area (Å²) in [5.41, 5.74) is 1.28. The monoisotopic (exact) mass is 342 g/mol. The lowest BCUT2D eigenvalue weighted by atomic mass is 10.2. The molecule has 2 N–H and O–H groups in total. The standard InChI is InChI=1S/C18H18N2O5/c1-24-15-8-6-13(7-9-15)19-16(21)11-17(22)20-14-5-3-4-12(10-14)18(23)25-2/h3-10H,11H2,1-2H3,(H,19,21)(H,20,22). The molecule has 2 amide bonds. The maximum atomic E-state index is 12.0. The molecule has 25 heavy (non-hydrogen) atoms. The van der Waals surface area contributed by atoms with Gasteiger partial charge < -0.3 is 20.1 Å². The number of carbonyl (C=O) groups excluding carboxylic acids is 3. The molecule has 0 aromatic heterocycles. The van der Waals surface area contributed by atoms with E-state index in [0.29, 0.717) is 22.7 Å². The van der Waals surface area contributed by atoms with Crippen molar-refractivity contribution in [1.82, 2.24) is 0 Å². The van der Waals surface area contributed by atoms with Crippen LogP contribution in [0.15, 0.2) is 48.5 Å². The molecule has 2 aromatic rings. The molecular weight excluding hydrogens is 324 g/mol. The van der Waals surface area contributed by atoms with Gasteiger partial charge in [-0.05, 0) is 42.5 Å². The quantitative estimate of drug-likeness (QED) is 0.621. The smallest absolute Gasteiger partial charge is 0.337 e. The molecule has 0 saturated carbocycles. The molecule has 2 aromatic carbocycles. The summed E-state index contributed by atoms with van der Waals surface area (Å²) in [5.74, 6) is -0.783. The zero-order chi connectivity index (χ0) is 18.2. The van der Waals surface area contributed by atoms with Crippen LogP contribution in [0.5, 0.6) is 5.75 Å². The lowest BCUT2D eigenvalue weighted by Crippen LogP contribution is -2.21. The van der Waals surface area contributed by atoms with Crippen molar-refractivity contribution >= 4 is 29.2 Å². The summed E-state index contributed by atoms with van der Waals surface area (Å²) in [4.78, 5) is 35.3. The molecule has 0 saturated heterocycles. The van der Waals surface area contributed by atoms with E-state index in [-0.39, 0.29) is 6.42 Å². The Kier molecular flexibility index (Phi) is 6.11. The highest BCUT2D eigenvalue weighted by Gasteiger charge is 2.12. The Labute approximate surface area is 144 Å². The van der Waals surface area contributed by atoms with Gasteiger partial charge >= 0.3 is 5.97 Å². The van der Waals surface area contributed by atoms with Crippen molar-refractivity contribution in [1.29, 1.82) is 0 Å². The van der Waals surface area contributed by atoms with Gasteiger partial charge in [-0.1, -0.05) is 6.07 Å². The number of esters is 1. The summed E-state index contributed by atoms with van der Waals surface area (Å²) in [6.07, 6.45) is -0.353. The average molecular weight is 342 g/mol. The Morgan fingerprint density at radius 2 is 1.52 bits per heavy atom. The Balaban J connectivity index is 1.90. The fraction of sp³-hybridized carbons (Fsp3) is 0.167. The molecule has 0 spiro atoms. The summed E-state index contributed by atoms with van der Waals surface area (Å²) in [7, 11) is 2.82. The highest BCUT2D eigenvalue weighted by Crippen LogP contribution is 2.15. The zero-order valence-electron chi connectivity index (χ0n) is 13.9. The van der Waals surface area contributed by atoms with Crippen molar-refractivity contribution in [2.75, 3.05) is 24.9 Å². The van der Waals surface area contributed by atoms with Gasteiger partial charge in [-0.3, -0.25) is 9.59 Å². The van der Waals surface area contributed by atoms with Gasteiger partial charge in [-0.25, -0.2) is 4.79 Å². The largest absolute Gasteiger partial charge is 0.497 e. The van der Waals surface area contributed by atoms with Crippen molar-refractivity contribution in [3.05, 3.63) is 54.1 Å². The number of ether oxygens (including phenoxy) is 2. The van der Waals surface area contributed by atoms with Gasteiger partial charge in [0.2, 0.25) is 11.8 Å². The summed E-state index contributed by atoms with van der Waals surface area (Å²) in [6.45, 7) is 0. The molecule has 0 bridgehead atoms.